The fourth-order valence-corrected chi connectivity index (χ4v) is 4.05. The maximum atomic E-state index is 12.4. The first-order chi connectivity index (χ1) is 11.7. The largest absolute Gasteiger partial charge is 0.462 e. The van der Waals surface area contributed by atoms with Gasteiger partial charge in [0.15, 0.2) is 0 Å². The van der Waals surface area contributed by atoms with E-state index in [4.69, 9.17) is 4.74 Å². The summed E-state index contributed by atoms with van der Waals surface area (Å²) < 4.78 is 5.14. The smallest absolute Gasteiger partial charge is 0.341 e. The average molecular weight is 343 g/mol. The normalized spacial score (nSPS) is 14.5. The highest BCUT2D eigenvalue weighted by atomic mass is 32.1. The molecule has 24 heavy (non-hydrogen) atoms. The molecular formula is C19H21NO3S. The van der Waals surface area contributed by atoms with Gasteiger partial charge >= 0.3 is 5.97 Å². The molecule has 1 N–H and O–H groups in total. The van der Waals surface area contributed by atoms with Crippen LogP contribution in [0.1, 0.15) is 43.0 Å². The van der Waals surface area contributed by atoms with Crippen molar-refractivity contribution in [2.75, 3.05) is 11.9 Å². The van der Waals surface area contributed by atoms with E-state index in [0.717, 1.165) is 36.1 Å². The summed E-state index contributed by atoms with van der Waals surface area (Å²) in [6, 6.07) is 11.6. The van der Waals surface area contributed by atoms with E-state index in [1.807, 2.05) is 36.4 Å². The molecule has 1 aromatic carbocycles. The molecule has 1 fully saturated rings. The van der Waals surface area contributed by atoms with Crippen molar-refractivity contribution in [2.24, 2.45) is 5.92 Å². The topological polar surface area (TPSA) is 55.4 Å². The Morgan fingerprint density at radius 2 is 1.92 bits per heavy atom. The maximum Gasteiger partial charge on any atom is 0.341 e. The average Bonchev–Trinajstić information content (AvgIpc) is 3.26. The van der Waals surface area contributed by atoms with Crippen molar-refractivity contribution in [2.45, 2.75) is 32.6 Å². The summed E-state index contributed by atoms with van der Waals surface area (Å²) in [6.07, 6.45) is 4.06. The van der Waals surface area contributed by atoms with Gasteiger partial charge in [0, 0.05) is 10.8 Å². The molecule has 1 aromatic heterocycles. The number of rotatable bonds is 5. The fraction of sp³-hybridized carbons (Fsp3) is 0.368. The Morgan fingerprint density at radius 3 is 2.58 bits per heavy atom. The van der Waals surface area contributed by atoms with Gasteiger partial charge in [0.25, 0.3) is 0 Å². The fourth-order valence-electron chi connectivity index (χ4n) is 2.99. The quantitative estimate of drug-likeness (QED) is 0.799. The Balaban J connectivity index is 1.88. The number of benzene rings is 1. The Morgan fingerprint density at radius 1 is 1.21 bits per heavy atom. The van der Waals surface area contributed by atoms with Gasteiger partial charge < -0.3 is 10.1 Å². The molecule has 126 valence electrons. The Hall–Kier alpha value is -2.14. The second-order valence-electron chi connectivity index (χ2n) is 5.91. The Kier molecular flexibility index (Phi) is 5.30. The van der Waals surface area contributed by atoms with Crippen LogP contribution in [0.5, 0.6) is 0 Å². The van der Waals surface area contributed by atoms with Crippen LogP contribution in [-0.2, 0) is 9.53 Å². The zero-order valence-corrected chi connectivity index (χ0v) is 14.5. The van der Waals surface area contributed by atoms with Crippen molar-refractivity contribution in [3.63, 3.8) is 0 Å². The zero-order valence-electron chi connectivity index (χ0n) is 13.7. The van der Waals surface area contributed by atoms with Gasteiger partial charge in [0.05, 0.1) is 12.2 Å². The van der Waals surface area contributed by atoms with E-state index < -0.39 is 5.97 Å². The molecule has 1 aliphatic carbocycles. The Bertz CT molecular complexity index is 717. The summed E-state index contributed by atoms with van der Waals surface area (Å²) >= 11 is 1.42. The van der Waals surface area contributed by atoms with E-state index in [1.165, 1.54) is 11.3 Å². The highest BCUT2D eigenvalue weighted by molar-refractivity contribution is 7.20. The van der Waals surface area contributed by atoms with Gasteiger partial charge in [-0.05, 0) is 31.4 Å². The molecule has 1 heterocycles. The van der Waals surface area contributed by atoms with Crippen molar-refractivity contribution in [3.05, 3.63) is 42.0 Å². The second-order valence-corrected chi connectivity index (χ2v) is 6.96. The standard InChI is InChI=1S/C19H21NO3S/c1-2-23-19(22)15-12-16(13-8-4-3-5-9-13)24-18(15)20-17(21)14-10-6-7-11-14/h3-5,8-9,12,14H,2,6-7,10-11H2,1H3,(H,20,21). The van der Waals surface area contributed by atoms with Crippen molar-refractivity contribution in [1.29, 1.82) is 0 Å². The number of nitrogens with one attached hydrogen (secondary N) is 1. The van der Waals surface area contributed by atoms with E-state index in [-0.39, 0.29) is 11.8 Å². The highest BCUT2D eigenvalue weighted by Crippen LogP contribution is 2.37. The molecule has 0 saturated heterocycles. The predicted molar refractivity (Wildman–Crippen MR) is 96.3 cm³/mol. The summed E-state index contributed by atoms with van der Waals surface area (Å²) in [7, 11) is 0. The minimum atomic E-state index is -0.391. The first kappa shape index (κ1) is 16.7. The number of hydrogen-bond donors (Lipinski definition) is 1. The van der Waals surface area contributed by atoms with Crippen molar-refractivity contribution in [1.82, 2.24) is 0 Å². The second kappa shape index (κ2) is 7.62. The number of carbonyl (C=O) groups is 2. The van der Waals surface area contributed by atoms with Crippen LogP contribution in [0.4, 0.5) is 5.00 Å². The first-order valence-corrected chi connectivity index (χ1v) is 9.18. The lowest BCUT2D eigenvalue weighted by atomic mass is 10.1. The number of esters is 1. The molecule has 2 aromatic rings. The number of amides is 1. The van der Waals surface area contributed by atoms with Crippen LogP contribution in [0.2, 0.25) is 0 Å². The molecule has 0 aliphatic heterocycles. The van der Waals surface area contributed by atoms with Gasteiger partial charge in [0.1, 0.15) is 5.00 Å². The number of ether oxygens (including phenoxy) is 1. The third kappa shape index (κ3) is 3.67. The van der Waals surface area contributed by atoms with Gasteiger partial charge in [-0.25, -0.2) is 4.79 Å². The summed E-state index contributed by atoms with van der Waals surface area (Å²) in [6.45, 7) is 2.09. The number of hydrogen-bond acceptors (Lipinski definition) is 4. The van der Waals surface area contributed by atoms with Crippen LogP contribution < -0.4 is 5.32 Å². The van der Waals surface area contributed by atoms with Crippen LogP contribution in [-0.4, -0.2) is 18.5 Å². The van der Waals surface area contributed by atoms with Crippen LogP contribution in [0, 0.1) is 5.92 Å². The minimum absolute atomic E-state index is 0.0134. The molecule has 0 atom stereocenters. The molecule has 5 heteroatoms. The van der Waals surface area contributed by atoms with Crippen LogP contribution in [0.15, 0.2) is 36.4 Å². The molecule has 3 rings (SSSR count). The number of anilines is 1. The monoisotopic (exact) mass is 343 g/mol. The van der Waals surface area contributed by atoms with Gasteiger partial charge in [-0.3, -0.25) is 4.79 Å². The van der Waals surface area contributed by atoms with E-state index in [9.17, 15) is 9.59 Å². The summed E-state index contributed by atoms with van der Waals surface area (Å²) in [5.41, 5.74) is 1.46. The molecule has 1 saturated carbocycles. The van der Waals surface area contributed by atoms with Gasteiger partial charge in [0.2, 0.25) is 5.91 Å². The van der Waals surface area contributed by atoms with Gasteiger partial charge in [-0.15, -0.1) is 11.3 Å². The zero-order chi connectivity index (χ0) is 16.9. The molecule has 1 aliphatic rings. The molecule has 1 amide bonds. The maximum absolute atomic E-state index is 12.4. The van der Waals surface area contributed by atoms with E-state index >= 15 is 0 Å². The molecular weight excluding hydrogens is 322 g/mol. The third-order valence-corrected chi connectivity index (χ3v) is 5.35. The molecule has 0 spiro atoms. The minimum Gasteiger partial charge on any atom is -0.462 e. The van der Waals surface area contributed by atoms with E-state index in [1.54, 1.807) is 6.92 Å². The predicted octanol–water partition coefficient (Wildman–Crippen LogP) is 4.72. The van der Waals surface area contributed by atoms with Crippen molar-refractivity contribution < 1.29 is 14.3 Å². The summed E-state index contributed by atoms with van der Waals surface area (Å²) in [5, 5.41) is 3.55. The van der Waals surface area contributed by atoms with Gasteiger partial charge in [-0.2, -0.15) is 0 Å². The van der Waals surface area contributed by atoms with Gasteiger partial charge in [-0.1, -0.05) is 43.2 Å². The SMILES string of the molecule is CCOC(=O)c1cc(-c2ccccc2)sc1NC(=O)C1CCCC1. The molecule has 0 unspecified atom stereocenters. The van der Waals surface area contributed by atoms with Crippen LogP contribution in [0.25, 0.3) is 10.4 Å². The highest BCUT2D eigenvalue weighted by Gasteiger charge is 2.26. The lowest BCUT2D eigenvalue weighted by molar-refractivity contribution is -0.119. The van der Waals surface area contributed by atoms with Crippen LogP contribution in [0.3, 0.4) is 0 Å². The summed E-state index contributed by atoms with van der Waals surface area (Å²) in [4.78, 5) is 25.6. The lowest BCUT2D eigenvalue weighted by Crippen LogP contribution is -2.21. The van der Waals surface area contributed by atoms with Crippen molar-refractivity contribution in [3.8, 4) is 10.4 Å². The van der Waals surface area contributed by atoms with E-state index in [0.29, 0.717) is 17.2 Å². The lowest BCUT2D eigenvalue weighted by Gasteiger charge is -2.10. The first-order valence-electron chi connectivity index (χ1n) is 8.36. The van der Waals surface area contributed by atoms with Crippen molar-refractivity contribution >= 4 is 28.2 Å². The molecule has 4 nitrogen and oxygen atoms in total. The third-order valence-electron chi connectivity index (χ3n) is 4.25. The number of carbonyl (C=O) groups excluding carboxylic acids is 2. The molecule has 0 bridgehead atoms. The summed E-state index contributed by atoms with van der Waals surface area (Å²) in [5.74, 6) is -0.320. The molecule has 0 radical (unpaired) electrons. The number of thiophene rings is 1. The van der Waals surface area contributed by atoms with Crippen LogP contribution >= 0.6 is 11.3 Å². The van der Waals surface area contributed by atoms with E-state index in [2.05, 4.69) is 5.32 Å². The Labute approximate surface area is 145 Å².